The van der Waals surface area contributed by atoms with Gasteiger partial charge in [-0.25, -0.2) is 0 Å². The lowest BCUT2D eigenvalue weighted by atomic mass is 9.79. The van der Waals surface area contributed by atoms with Gasteiger partial charge in [-0.3, -0.25) is 9.13 Å². The molecular formula is C35H46N2O2. The molecule has 0 aliphatic carbocycles. The molecule has 0 radical (unpaired) electrons. The number of hydrogen-bond acceptors (Lipinski definition) is 2. The van der Waals surface area contributed by atoms with Crippen LogP contribution in [0.4, 0.5) is 0 Å². The number of para-hydroxylation sites is 2. The number of phenolic OH excluding ortho intramolecular Hbond substituents is 2. The Labute approximate surface area is 235 Å². The van der Waals surface area contributed by atoms with E-state index in [0.717, 1.165) is 33.3 Å². The van der Waals surface area contributed by atoms with E-state index in [4.69, 9.17) is 0 Å². The molecular weight excluding hydrogens is 480 g/mol. The average Bonchev–Trinajstić information content (AvgIpc) is 3.15. The van der Waals surface area contributed by atoms with E-state index in [1.807, 2.05) is 33.4 Å². The zero-order chi connectivity index (χ0) is 29.3. The third kappa shape index (κ3) is 5.31. The quantitative estimate of drug-likeness (QED) is 0.204. The molecule has 39 heavy (non-hydrogen) atoms. The van der Waals surface area contributed by atoms with Crippen molar-refractivity contribution in [1.29, 1.82) is 0 Å². The molecule has 0 fully saturated rings. The first kappa shape index (κ1) is 28.7. The van der Waals surface area contributed by atoms with E-state index in [9.17, 15) is 10.2 Å². The fourth-order valence-electron chi connectivity index (χ4n) is 5.01. The second-order valence-electron chi connectivity index (χ2n) is 15.0. The first-order valence-electron chi connectivity index (χ1n) is 13.9. The van der Waals surface area contributed by atoms with Crippen LogP contribution in [0.2, 0.25) is 0 Å². The molecule has 0 bridgehead atoms. The first-order chi connectivity index (χ1) is 17.7. The molecule has 4 heteroatoms. The van der Waals surface area contributed by atoms with Gasteiger partial charge in [0.25, 0.3) is 6.33 Å². The number of imidazole rings is 1. The van der Waals surface area contributed by atoms with Crippen molar-refractivity contribution in [3.63, 3.8) is 0 Å². The number of rotatable bonds is 2. The van der Waals surface area contributed by atoms with Gasteiger partial charge in [0.05, 0.1) is 11.0 Å². The molecule has 1 aromatic heterocycles. The van der Waals surface area contributed by atoms with Crippen LogP contribution in [0.15, 0.2) is 48.5 Å². The molecule has 4 nitrogen and oxygen atoms in total. The maximum Gasteiger partial charge on any atom is 0.270 e. The van der Waals surface area contributed by atoms with E-state index in [0.29, 0.717) is 11.4 Å². The van der Waals surface area contributed by atoms with Crippen molar-refractivity contribution >= 4 is 11.0 Å². The molecule has 0 aliphatic rings. The van der Waals surface area contributed by atoms with E-state index in [2.05, 4.69) is 114 Å². The minimum atomic E-state index is -0.250. The zero-order valence-electron chi connectivity index (χ0n) is 25.9. The molecule has 208 valence electrons. The second kappa shape index (κ2) is 9.15. The van der Waals surface area contributed by atoms with E-state index >= 15 is 0 Å². The number of fused-ring (bicyclic) bond motifs is 1. The molecule has 4 aromatic rings. The van der Waals surface area contributed by atoms with Crippen LogP contribution in [0.1, 0.15) is 105 Å². The highest BCUT2D eigenvalue weighted by atomic mass is 16.3. The summed E-state index contributed by atoms with van der Waals surface area (Å²) in [6.07, 6.45) is 3.53. The van der Waals surface area contributed by atoms with Gasteiger partial charge in [-0.2, -0.15) is 0 Å². The fourth-order valence-corrected chi connectivity index (χ4v) is 5.01. The highest BCUT2D eigenvalue weighted by molar-refractivity contribution is 5.76. The van der Waals surface area contributed by atoms with Crippen molar-refractivity contribution in [2.24, 2.45) is 0 Å². The lowest BCUT2D eigenvalue weighted by Crippen LogP contribution is -2.31. The minimum absolute atomic E-state index is 0.109. The highest BCUT2D eigenvalue weighted by Gasteiger charge is 2.29. The zero-order valence-corrected chi connectivity index (χ0v) is 25.9. The molecule has 2 N–H and O–H groups in total. The summed E-state index contributed by atoms with van der Waals surface area (Å²) in [5.41, 5.74) is 6.54. The summed E-state index contributed by atoms with van der Waals surface area (Å²) in [4.78, 5) is 0. The van der Waals surface area contributed by atoms with Gasteiger partial charge < -0.3 is 10.2 Å². The number of phenols is 2. The number of benzene rings is 3. The first-order valence-corrected chi connectivity index (χ1v) is 13.9. The predicted molar refractivity (Wildman–Crippen MR) is 162 cm³/mol. The van der Waals surface area contributed by atoms with E-state index < -0.39 is 0 Å². The van der Waals surface area contributed by atoms with Gasteiger partial charge in [0, 0.05) is 0 Å². The molecule has 0 spiro atoms. The van der Waals surface area contributed by atoms with Crippen molar-refractivity contribution in [1.82, 2.24) is 4.57 Å². The van der Waals surface area contributed by atoms with E-state index in [-0.39, 0.29) is 33.2 Å². The Bertz CT molecular complexity index is 1430. The van der Waals surface area contributed by atoms with Gasteiger partial charge in [0.2, 0.25) is 0 Å². The summed E-state index contributed by atoms with van der Waals surface area (Å²) < 4.78 is 3.88. The van der Waals surface area contributed by atoms with Crippen molar-refractivity contribution in [2.75, 3.05) is 0 Å². The lowest BCUT2D eigenvalue weighted by molar-refractivity contribution is -0.573. The van der Waals surface area contributed by atoms with E-state index in [1.165, 1.54) is 0 Å². The average molecular weight is 527 g/mol. The summed E-state index contributed by atoms with van der Waals surface area (Å²) in [7, 11) is 0. The maximum atomic E-state index is 11.7. The molecule has 0 unspecified atom stereocenters. The van der Waals surface area contributed by atoms with Crippen LogP contribution in [0, 0.1) is 6.33 Å². The third-order valence-corrected chi connectivity index (χ3v) is 7.57. The number of aromatic hydroxyl groups is 2. The van der Waals surface area contributed by atoms with Gasteiger partial charge in [0.1, 0.15) is 22.9 Å². The van der Waals surface area contributed by atoms with Crippen LogP contribution in [-0.2, 0) is 21.7 Å². The van der Waals surface area contributed by atoms with Gasteiger partial charge >= 0.3 is 0 Å². The second-order valence-corrected chi connectivity index (χ2v) is 15.0. The van der Waals surface area contributed by atoms with Crippen LogP contribution >= 0.6 is 0 Å². The molecule has 0 atom stereocenters. The minimum Gasteiger partial charge on any atom is -0.511 e. The fraction of sp³-hybridized carbons (Fsp3) is 0.457. The standard InChI is InChI=1S/C35H46N2O2/c1-32(2,3)22-17-24(34(7,8)9)30(38)28(19-22)36-21-37(27-16-14-13-15-26(27)36)29-20-23(33(4,5)6)18-25(31(29)39)35(10,11)12/h13-20,38-39H,1-12H3. The largest absolute Gasteiger partial charge is 0.511 e. The Hall–Kier alpha value is -3.27. The van der Waals surface area contributed by atoms with Crippen molar-refractivity contribution < 1.29 is 14.8 Å². The van der Waals surface area contributed by atoms with Crippen LogP contribution in [0.5, 0.6) is 11.5 Å². The number of nitrogens with zero attached hydrogens (tertiary/aromatic N) is 2. The number of hydrogen-bond donors (Lipinski definition) is 2. The van der Waals surface area contributed by atoms with Crippen molar-refractivity contribution in [3.05, 3.63) is 77.1 Å². The normalized spacial score (nSPS) is 13.3. The molecule has 0 saturated carbocycles. The Balaban J connectivity index is 2.13. The topological polar surface area (TPSA) is 49.3 Å². The molecule has 3 aromatic carbocycles. The van der Waals surface area contributed by atoms with Crippen LogP contribution in [0.3, 0.4) is 0 Å². The number of aromatic nitrogens is 2. The summed E-state index contributed by atoms with van der Waals surface area (Å²) in [6, 6.07) is 16.5. The Morgan fingerprint density at radius 2 is 1.10 bits per heavy atom. The van der Waals surface area contributed by atoms with Crippen LogP contribution in [-0.4, -0.2) is 14.8 Å². The van der Waals surface area contributed by atoms with Crippen molar-refractivity contribution in [2.45, 2.75) is 105 Å². The molecule has 0 saturated heterocycles. The predicted octanol–water partition coefficient (Wildman–Crippen LogP) is 8.31. The maximum absolute atomic E-state index is 11.7. The monoisotopic (exact) mass is 526 g/mol. The lowest BCUT2D eigenvalue weighted by Gasteiger charge is -2.28. The molecule has 0 amide bonds. The third-order valence-electron chi connectivity index (χ3n) is 7.57. The Morgan fingerprint density at radius 3 is 1.62 bits per heavy atom. The van der Waals surface area contributed by atoms with Crippen LogP contribution in [0.25, 0.3) is 22.4 Å². The summed E-state index contributed by atoms with van der Waals surface area (Å²) in [5.74, 6) is 0.505. The van der Waals surface area contributed by atoms with Crippen LogP contribution < -0.4 is 4.57 Å². The van der Waals surface area contributed by atoms with Gasteiger partial charge in [-0.15, -0.1) is 0 Å². The van der Waals surface area contributed by atoms with Crippen molar-refractivity contribution in [3.8, 4) is 22.9 Å². The Morgan fingerprint density at radius 1 is 0.615 bits per heavy atom. The summed E-state index contributed by atoms with van der Waals surface area (Å²) in [6.45, 7) is 25.9. The van der Waals surface area contributed by atoms with Gasteiger partial charge in [-0.1, -0.05) is 119 Å². The highest BCUT2D eigenvalue weighted by Crippen LogP contribution is 2.41. The summed E-state index contributed by atoms with van der Waals surface area (Å²) >= 11 is 0. The summed E-state index contributed by atoms with van der Waals surface area (Å²) in [5, 5.41) is 23.3. The molecule has 1 heterocycles. The molecule has 0 aliphatic heterocycles. The smallest absolute Gasteiger partial charge is 0.270 e. The van der Waals surface area contributed by atoms with Gasteiger partial charge in [-0.05, 0) is 56.0 Å². The Kier molecular flexibility index (Phi) is 6.74. The van der Waals surface area contributed by atoms with E-state index in [1.54, 1.807) is 0 Å². The van der Waals surface area contributed by atoms with Gasteiger partial charge in [0.15, 0.2) is 0 Å². The SMILES string of the molecule is CC(C)(C)c1cc(-n2[c-][n+](-c3cc(C(C)(C)C)cc(C(C)(C)C)c3O)c3ccccc32)c(O)c(C(C)(C)C)c1. The molecule has 4 rings (SSSR count).